The molecule has 0 N–H and O–H groups in total. The molecular weight excluding hydrogens is 136 g/mol. The number of fused-ring (bicyclic) bond motifs is 1. The van der Waals surface area contributed by atoms with Gasteiger partial charge in [-0.05, 0) is 25.8 Å². The number of allylic oxidation sites excluding steroid dienone is 3. The van der Waals surface area contributed by atoms with Gasteiger partial charge in [-0.15, -0.1) is 0 Å². The summed E-state index contributed by atoms with van der Waals surface area (Å²) in [6.07, 6.45) is 7.71. The second-order valence-electron chi connectivity index (χ2n) is 3.85. The molecule has 0 saturated carbocycles. The fourth-order valence-electron chi connectivity index (χ4n) is 1.92. The van der Waals surface area contributed by atoms with Gasteiger partial charge in [0, 0.05) is 5.92 Å². The molecule has 0 radical (unpaired) electrons. The van der Waals surface area contributed by atoms with Gasteiger partial charge >= 0.3 is 0 Å². The average Bonchev–Trinajstić information content (AvgIpc) is 2.29. The molecule has 2 aliphatic rings. The summed E-state index contributed by atoms with van der Waals surface area (Å²) in [7, 11) is 0. The van der Waals surface area contributed by atoms with E-state index in [-0.39, 0.29) is 5.60 Å². The van der Waals surface area contributed by atoms with Crippen LogP contribution in [0.25, 0.3) is 0 Å². The summed E-state index contributed by atoms with van der Waals surface area (Å²) in [5.74, 6) is 0.632. The molecule has 1 atom stereocenters. The van der Waals surface area contributed by atoms with Gasteiger partial charge in [-0.1, -0.05) is 18.2 Å². The van der Waals surface area contributed by atoms with Gasteiger partial charge in [0.1, 0.15) is 0 Å². The molecule has 0 aromatic carbocycles. The van der Waals surface area contributed by atoms with Gasteiger partial charge in [0.2, 0.25) is 0 Å². The lowest BCUT2D eigenvalue weighted by molar-refractivity contribution is 0.0118. The summed E-state index contributed by atoms with van der Waals surface area (Å²) in [6.45, 7) is 5.19. The molecular formula is C10H14O. The zero-order valence-electron chi connectivity index (χ0n) is 7.13. The molecule has 11 heavy (non-hydrogen) atoms. The molecule has 1 heterocycles. The third kappa shape index (κ3) is 1.04. The lowest BCUT2D eigenvalue weighted by Crippen LogP contribution is -2.27. The Hall–Kier alpha value is -0.560. The normalized spacial score (nSPS) is 33.3. The van der Waals surface area contributed by atoms with Gasteiger partial charge in [-0.2, -0.15) is 0 Å². The minimum atomic E-state index is 0.0661. The maximum atomic E-state index is 5.68. The highest BCUT2D eigenvalue weighted by molar-refractivity contribution is 5.26. The molecule has 0 aromatic heterocycles. The van der Waals surface area contributed by atoms with Crippen molar-refractivity contribution in [1.29, 1.82) is 0 Å². The Morgan fingerprint density at radius 1 is 1.55 bits per heavy atom. The van der Waals surface area contributed by atoms with Gasteiger partial charge in [0.05, 0.1) is 12.2 Å². The Morgan fingerprint density at radius 2 is 2.36 bits per heavy atom. The molecule has 1 saturated heterocycles. The third-order valence-corrected chi connectivity index (χ3v) is 2.72. The zero-order valence-corrected chi connectivity index (χ0v) is 7.13. The average molecular weight is 150 g/mol. The number of ether oxygens (including phenoxy) is 1. The number of hydrogen-bond donors (Lipinski definition) is 0. The monoisotopic (exact) mass is 150 g/mol. The van der Waals surface area contributed by atoms with Crippen LogP contribution in [0.3, 0.4) is 0 Å². The summed E-state index contributed by atoms with van der Waals surface area (Å²) in [6, 6.07) is 0. The summed E-state index contributed by atoms with van der Waals surface area (Å²) in [5.41, 5.74) is 1.54. The zero-order chi connectivity index (χ0) is 7.90. The van der Waals surface area contributed by atoms with E-state index < -0.39 is 0 Å². The van der Waals surface area contributed by atoms with Crippen molar-refractivity contribution in [3.05, 3.63) is 23.8 Å². The van der Waals surface area contributed by atoms with Crippen molar-refractivity contribution in [1.82, 2.24) is 0 Å². The lowest BCUT2D eigenvalue weighted by Gasteiger charge is -2.26. The van der Waals surface area contributed by atoms with Gasteiger partial charge < -0.3 is 4.74 Å². The van der Waals surface area contributed by atoms with Crippen molar-refractivity contribution in [2.24, 2.45) is 5.92 Å². The van der Waals surface area contributed by atoms with Crippen molar-refractivity contribution in [2.75, 3.05) is 6.61 Å². The van der Waals surface area contributed by atoms with Gasteiger partial charge in [-0.3, -0.25) is 0 Å². The van der Waals surface area contributed by atoms with Crippen molar-refractivity contribution in [2.45, 2.75) is 25.9 Å². The van der Waals surface area contributed by atoms with Crippen molar-refractivity contribution in [3.63, 3.8) is 0 Å². The van der Waals surface area contributed by atoms with Crippen LogP contribution in [0.2, 0.25) is 0 Å². The van der Waals surface area contributed by atoms with E-state index in [2.05, 4.69) is 32.1 Å². The molecule has 2 rings (SSSR count). The smallest absolute Gasteiger partial charge is 0.0699 e. The van der Waals surface area contributed by atoms with Gasteiger partial charge in [0.15, 0.2) is 0 Å². The molecule has 0 spiro atoms. The molecule has 0 aromatic rings. The highest BCUT2D eigenvalue weighted by Gasteiger charge is 2.38. The molecule has 1 unspecified atom stereocenters. The molecule has 0 bridgehead atoms. The molecule has 1 fully saturated rings. The molecule has 1 aliphatic carbocycles. The Labute approximate surface area is 67.7 Å². The third-order valence-electron chi connectivity index (χ3n) is 2.72. The van der Waals surface area contributed by atoms with E-state index in [4.69, 9.17) is 4.74 Å². The molecule has 60 valence electrons. The largest absolute Gasteiger partial charge is 0.371 e. The van der Waals surface area contributed by atoms with Crippen LogP contribution in [-0.4, -0.2) is 12.2 Å². The number of hydrogen-bond acceptors (Lipinski definition) is 1. The first-order valence-corrected chi connectivity index (χ1v) is 4.20. The minimum Gasteiger partial charge on any atom is -0.371 e. The Kier molecular flexibility index (Phi) is 1.43. The van der Waals surface area contributed by atoms with Crippen LogP contribution in [0.5, 0.6) is 0 Å². The fourth-order valence-corrected chi connectivity index (χ4v) is 1.92. The maximum Gasteiger partial charge on any atom is 0.0699 e. The summed E-state index contributed by atoms with van der Waals surface area (Å²) in [4.78, 5) is 0. The standard InChI is InChI=1S/C10H14O/c1-10(2)9-6-4-3-5-8(9)7-11-10/h3-5,9H,6-7H2,1-2H3. The molecule has 1 aliphatic heterocycles. The Morgan fingerprint density at radius 3 is 3.09 bits per heavy atom. The minimum absolute atomic E-state index is 0.0661. The first-order chi connectivity index (χ1) is 5.20. The predicted octanol–water partition coefficient (Wildman–Crippen LogP) is 2.30. The fraction of sp³-hybridized carbons (Fsp3) is 0.600. The van der Waals surface area contributed by atoms with E-state index in [1.54, 1.807) is 0 Å². The summed E-state index contributed by atoms with van der Waals surface area (Å²) >= 11 is 0. The van der Waals surface area contributed by atoms with Crippen LogP contribution in [-0.2, 0) is 4.74 Å². The predicted molar refractivity (Wildman–Crippen MR) is 45.4 cm³/mol. The maximum absolute atomic E-state index is 5.68. The SMILES string of the molecule is CC1(C)OCC2=CC=CCC21. The Balaban J connectivity index is 2.29. The molecule has 0 amide bonds. The topological polar surface area (TPSA) is 9.23 Å². The van der Waals surface area contributed by atoms with E-state index in [0.29, 0.717) is 5.92 Å². The Bertz CT molecular complexity index is 223. The van der Waals surface area contributed by atoms with E-state index >= 15 is 0 Å². The van der Waals surface area contributed by atoms with Crippen molar-refractivity contribution >= 4 is 0 Å². The van der Waals surface area contributed by atoms with Crippen molar-refractivity contribution in [3.8, 4) is 0 Å². The highest BCUT2D eigenvalue weighted by atomic mass is 16.5. The number of rotatable bonds is 0. The summed E-state index contributed by atoms with van der Waals surface area (Å²) < 4.78 is 5.68. The van der Waals surface area contributed by atoms with Crippen LogP contribution in [0.1, 0.15) is 20.3 Å². The van der Waals surface area contributed by atoms with Crippen LogP contribution in [0, 0.1) is 5.92 Å². The van der Waals surface area contributed by atoms with Crippen LogP contribution < -0.4 is 0 Å². The first kappa shape index (κ1) is 7.11. The second kappa shape index (κ2) is 2.21. The van der Waals surface area contributed by atoms with E-state index in [1.807, 2.05) is 0 Å². The van der Waals surface area contributed by atoms with Crippen LogP contribution in [0.4, 0.5) is 0 Å². The highest BCUT2D eigenvalue weighted by Crippen LogP contribution is 2.39. The second-order valence-corrected chi connectivity index (χ2v) is 3.85. The summed E-state index contributed by atoms with van der Waals surface area (Å²) in [5, 5.41) is 0. The van der Waals surface area contributed by atoms with E-state index in [1.165, 1.54) is 5.57 Å². The van der Waals surface area contributed by atoms with E-state index in [9.17, 15) is 0 Å². The lowest BCUT2D eigenvalue weighted by atomic mass is 9.82. The van der Waals surface area contributed by atoms with Crippen molar-refractivity contribution < 1.29 is 4.74 Å². The van der Waals surface area contributed by atoms with Gasteiger partial charge in [0.25, 0.3) is 0 Å². The molecule has 1 heteroatoms. The van der Waals surface area contributed by atoms with Crippen LogP contribution >= 0.6 is 0 Å². The first-order valence-electron chi connectivity index (χ1n) is 4.20. The molecule has 1 nitrogen and oxygen atoms in total. The van der Waals surface area contributed by atoms with E-state index in [0.717, 1.165) is 13.0 Å². The van der Waals surface area contributed by atoms with Crippen LogP contribution in [0.15, 0.2) is 23.8 Å². The quantitative estimate of drug-likeness (QED) is 0.515. The van der Waals surface area contributed by atoms with Gasteiger partial charge in [-0.25, -0.2) is 0 Å².